The molecular formula is C14H28N2. The molecule has 0 aromatic carbocycles. The summed E-state index contributed by atoms with van der Waals surface area (Å²) in [7, 11) is 0. The minimum atomic E-state index is 0.749. The van der Waals surface area contributed by atoms with E-state index in [4.69, 9.17) is 0 Å². The van der Waals surface area contributed by atoms with Crippen LogP contribution in [0.1, 0.15) is 46.5 Å². The highest BCUT2D eigenvalue weighted by molar-refractivity contribution is 4.95. The van der Waals surface area contributed by atoms with Gasteiger partial charge in [0.1, 0.15) is 0 Å². The number of rotatable bonds is 5. The molecule has 0 bridgehead atoms. The molecule has 1 aliphatic carbocycles. The molecule has 2 heteroatoms. The summed E-state index contributed by atoms with van der Waals surface area (Å²) in [4.78, 5) is 2.78. The third-order valence-electron chi connectivity index (χ3n) is 3.94. The highest BCUT2D eigenvalue weighted by Gasteiger charge is 2.38. The van der Waals surface area contributed by atoms with Crippen LogP contribution in [0.3, 0.4) is 0 Å². The molecule has 0 aromatic heterocycles. The molecule has 0 aromatic rings. The molecule has 2 nitrogen and oxygen atoms in total. The fraction of sp³-hybridized carbons (Fsp3) is 1.00. The third-order valence-corrected chi connectivity index (χ3v) is 3.94. The van der Waals surface area contributed by atoms with Gasteiger partial charge in [-0.05, 0) is 31.1 Å². The highest BCUT2D eigenvalue weighted by Crippen LogP contribution is 2.36. The summed E-state index contributed by atoms with van der Waals surface area (Å²) in [5, 5.41) is 3.75. The molecular weight excluding hydrogens is 196 g/mol. The zero-order valence-corrected chi connectivity index (χ0v) is 11.2. The van der Waals surface area contributed by atoms with Crippen molar-refractivity contribution in [1.29, 1.82) is 0 Å². The van der Waals surface area contributed by atoms with E-state index in [1.54, 1.807) is 0 Å². The first-order chi connectivity index (χ1) is 7.70. The Labute approximate surface area is 101 Å². The third kappa shape index (κ3) is 3.21. The second-order valence-electron chi connectivity index (χ2n) is 6.15. The zero-order chi connectivity index (χ0) is 11.5. The Bertz CT molecular complexity index is 211. The van der Waals surface area contributed by atoms with Gasteiger partial charge in [-0.3, -0.25) is 4.90 Å². The van der Waals surface area contributed by atoms with E-state index in [0.29, 0.717) is 0 Å². The van der Waals surface area contributed by atoms with Gasteiger partial charge >= 0.3 is 0 Å². The smallest absolute Gasteiger partial charge is 0.0249 e. The van der Waals surface area contributed by atoms with Gasteiger partial charge in [-0.15, -0.1) is 0 Å². The van der Waals surface area contributed by atoms with Crippen LogP contribution in [0, 0.1) is 11.8 Å². The van der Waals surface area contributed by atoms with Crippen LogP contribution in [-0.2, 0) is 0 Å². The summed E-state index contributed by atoms with van der Waals surface area (Å²) in [6.07, 6.45) is 5.59. The zero-order valence-electron chi connectivity index (χ0n) is 11.2. The number of nitrogens with zero attached hydrogens (tertiary/aromatic N) is 1. The summed E-state index contributed by atoms with van der Waals surface area (Å²) < 4.78 is 0. The van der Waals surface area contributed by atoms with Crippen LogP contribution in [0.25, 0.3) is 0 Å². The van der Waals surface area contributed by atoms with E-state index < -0.39 is 0 Å². The van der Waals surface area contributed by atoms with Gasteiger partial charge in [-0.2, -0.15) is 0 Å². The second-order valence-corrected chi connectivity index (χ2v) is 6.15. The molecule has 0 radical (unpaired) electrons. The molecule has 2 unspecified atom stereocenters. The molecule has 1 aliphatic heterocycles. The Hall–Kier alpha value is -0.0800. The van der Waals surface area contributed by atoms with E-state index in [2.05, 4.69) is 31.0 Å². The summed E-state index contributed by atoms with van der Waals surface area (Å²) in [6, 6.07) is 1.59. The Balaban J connectivity index is 1.89. The van der Waals surface area contributed by atoms with E-state index in [9.17, 15) is 0 Å². The lowest BCUT2D eigenvalue weighted by Gasteiger charge is -2.41. The maximum atomic E-state index is 3.75. The minimum Gasteiger partial charge on any atom is -0.311 e. The van der Waals surface area contributed by atoms with Crippen molar-refractivity contribution in [2.45, 2.75) is 58.5 Å². The standard InChI is InChI=1S/C14H28N2/c1-4-5-13-10-16(9-11(2)3)14(8-15-13)12-6-7-12/h11-15H,4-10H2,1-3H3. The predicted molar refractivity (Wildman–Crippen MR) is 69.6 cm³/mol. The van der Waals surface area contributed by atoms with Gasteiger partial charge in [-0.1, -0.05) is 27.2 Å². The Morgan fingerprint density at radius 1 is 1.31 bits per heavy atom. The molecule has 1 N–H and O–H groups in total. The van der Waals surface area contributed by atoms with Crippen molar-refractivity contribution in [3.8, 4) is 0 Å². The molecule has 2 fully saturated rings. The fourth-order valence-electron chi connectivity index (χ4n) is 3.07. The SMILES string of the molecule is CCCC1CN(CC(C)C)C(C2CC2)CN1. The van der Waals surface area contributed by atoms with E-state index in [1.807, 2.05) is 0 Å². The van der Waals surface area contributed by atoms with E-state index in [0.717, 1.165) is 23.9 Å². The average molecular weight is 224 g/mol. The Kier molecular flexibility index (Phi) is 4.26. The monoisotopic (exact) mass is 224 g/mol. The van der Waals surface area contributed by atoms with Gasteiger partial charge in [0, 0.05) is 31.7 Å². The topological polar surface area (TPSA) is 15.3 Å². The summed E-state index contributed by atoms with van der Waals surface area (Å²) in [5.41, 5.74) is 0. The van der Waals surface area contributed by atoms with Crippen molar-refractivity contribution in [2.75, 3.05) is 19.6 Å². The van der Waals surface area contributed by atoms with Crippen molar-refractivity contribution in [2.24, 2.45) is 11.8 Å². The van der Waals surface area contributed by atoms with Crippen LogP contribution in [0.5, 0.6) is 0 Å². The maximum absolute atomic E-state index is 3.75. The maximum Gasteiger partial charge on any atom is 0.0249 e. The first-order valence-electron chi connectivity index (χ1n) is 7.18. The van der Waals surface area contributed by atoms with Gasteiger partial charge in [0.15, 0.2) is 0 Å². The molecule has 2 atom stereocenters. The summed E-state index contributed by atoms with van der Waals surface area (Å²) in [6.45, 7) is 10.8. The average Bonchev–Trinajstić information content (AvgIpc) is 3.01. The van der Waals surface area contributed by atoms with E-state index in [-0.39, 0.29) is 0 Å². The van der Waals surface area contributed by atoms with Crippen LogP contribution in [0.2, 0.25) is 0 Å². The normalized spacial score (nSPS) is 32.2. The molecule has 16 heavy (non-hydrogen) atoms. The summed E-state index contributed by atoms with van der Waals surface area (Å²) >= 11 is 0. The van der Waals surface area contributed by atoms with Gasteiger partial charge in [0.2, 0.25) is 0 Å². The molecule has 1 saturated heterocycles. The quantitative estimate of drug-likeness (QED) is 0.772. The van der Waals surface area contributed by atoms with Gasteiger partial charge in [-0.25, -0.2) is 0 Å². The molecule has 1 saturated carbocycles. The lowest BCUT2D eigenvalue weighted by molar-refractivity contribution is 0.0987. The lowest BCUT2D eigenvalue weighted by atomic mass is 10.0. The second kappa shape index (κ2) is 5.50. The minimum absolute atomic E-state index is 0.749. The summed E-state index contributed by atoms with van der Waals surface area (Å²) in [5.74, 6) is 1.82. The molecule has 0 spiro atoms. The van der Waals surface area contributed by atoms with Crippen LogP contribution >= 0.6 is 0 Å². The van der Waals surface area contributed by atoms with Crippen molar-refractivity contribution in [3.63, 3.8) is 0 Å². The predicted octanol–water partition coefficient (Wildman–Crippen LogP) is 2.49. The highest BCUT2D eigenvalue weighted by atomic mass is 15.2. The van der Waals surface area contributed by atoms with Crippen molar-refractivity contribution in [3.05, 3.63) is 0 Å². The molecule has 2 aliphatic rings. The first-order valence-corrected chi connectivity index (χ1v) is 7.18. The lowest BCUT2D eigenvalue weighted by Crippen LogP contribution is -2.57. The number of hydrogen-bond donors (Lipinski definition) is 1. The Morgan fingerprint density at radius 2 is 2.06 bits per heavy atom. The van der Waals surface area contributed by atoms with E-state index >= 15 is 0 Å². The number of piperazine rings is 1. The molecule has 0 amide bonds. The van der Waals surface area contributed by atoms with Gasteiger partial charge < -0.3 is 5.32 Å². The van der Waals surface area contributed by atoms with Crippen LogP contribution < -0.4 is 5.32 Å². The van der Waals surface area contributed by atoms with Crippen molar-refractivity contribution < 1.29 is 0 Å². The van der Waals surface area contributed by atoms with Gasteiger partial charge in [0.05, 0.1) is 0 Å². The molecule has 2 rings (SSSR count). The van der Waals surface area contributed by atoms with Crippen molar-refractivity contribution >= 4 is 0 Å². The number of nitrogens with one attached hydrogen (secondary N) is 1. The van der Waals surface area contributed by atoms with Crippen LogP contribution in [0.15, 0.2) is 0 Å². The Morgan fingerprint density at radius 3 is 2.62 bits per heavy atom. The van der Waals surface area contributed by atoms with Crippen LogP contribution in [0.4, 0.5) is 0 Å². The largest absolute Gasteiger partial charge is 0.311 e. The van der Waals surface area contributed by atoms with Crippen molar-refractivity contribution in [1.82, 2.24) is 10.2 Å². The van der Waals surface area contributed by atoms with Gasteiger partial charge in [0.25, 0.3) is 0 Å². The van der Waals surface area contributed by atoms with E-state index in [1.165, 1.54) is 45.3 Å². The molecule has 1 heterocycles. The van der Waals surface area contributed by atoms with Crippen LogP contribution in [-0.4, -0.2) is 36.6 Å². The molecule has 94 valence electrons. The first kappa shape index (κ1) is 12.4. The number of hydrogen-bond acceptors (Lipinski definition) is 2. The fourth-order valence-corrected chi connectivity index (χ4v) is 3.07.